The summed E-state index contributed by atoms with van der Waals surface area (Å²) >= 11 is 0. The van der Waals surface area contributed by atoms with Crippen LogP contribution in [0.15, 0.2) is 54.6 Å². The lowest BCUT2D eigenvalue weighted by molar-refractivity contribution is -0.131. The fourth-order valence-corrected chi connectivity index (χ4v) is 4.51. The Bertz CT molecular complexity index is 1030. The van der Waals surface area contributed by atoms with Gasteiger partial charge in [0.05, 0.1) is 13.1 Å². The maximum absolute atomic E-state index is 12.3. The minimum atomic E-state index is -1.07. The summed E-state index contributed by atoms with van der Waals surface area (Å²) in [5.41, 5.74) is 1.35. The molecule has 1 heterocycles. The average Bonchev–Trinajstić information content (AvgIpc) is 2.84. The van der Waals surface area contributed by atoms with Crippen LogP contribution in [0.2, 0.25) is 0 Å². The number of hydrogen-bond acceptors (Lipinski definition) is 5. The van der Waals surface area contributed by atoms with Gasteiger partial charge in [-0.05, 0) is 43.1 Å². The van der Waals surface area contributed by atoms with Crippen LogP contribution < -0.4 is 10.6 Å². The third-order valence-corrected chi connectivity index (χ3v) is 6.46. The molecule has 3 rings (SSSR count). The summed E-state index contributed by atoms with van der Waals surface area (Å²) in [5, 5.41) is 16.2. The number of nitrogens with zero attached hydrogens (tertiary/aromatic N) is 2. The molecule has 2 aromatic rings. The van der Waals surface area contributed by atoms with Gasteiger partial charge >= 0.3 is 5.97 Å². The van der Waals surface area contributed by atoms with Crippen molar-refractivity contribution >= 4 is 28.6 Å². The monoisotopic (exact) mass is 466 g/mol. The minimum Gasteiger partial charge on any atom is -0.478 e. The Hall–Kier alpha value is -3.23. The van der Waals surface area contributed by atoms with Crippen molar-refractivity contribution in [2.45, 2.75) is 31.8 Å². The van der Waals surface area contributed by atoms with Crippen LogP contribution in [-0.4, -0.2) is 78.5 Å². The summed E-state index contributed by atoms with van der Waals surface area (Å²) in [5.74, 6) is -1.63. The maximum atomic E-state index is 12.3. The molecule has 8 nitrogen and oxygen atoms in total. The quantitative estimate of drug-likeness (QED) is 0.464. The zero-order valence-corrected chi connectivity index (χ0v) is 19.9. The maximum Gasteiger partial charge on any atom is 0.328 e. The van der Waals surface area contributed by atoms with E-state index in [-0.39, 0.29) is 31.4 Å². The molecule has 34 heavy (non-hydrogen) atoms. The SMILES string of the molecule is C[C@H](c1cccc2ccccc12)N1CCC(N(C)CC(=O)NCC(=O)NC/C=C/C(=O)O)CC1. The molecule has 0 unspecified atom stereocenters. The van der Waals surface area contributed by atoms with Crippen LogP contribution in [0, 0.1) is 0 Å². The van der Waals surface area contributed by atoms with Crippen LogP contribution >= 0.6 is 0 Å². The molecule has 0 saturated carbocycles. The van der Waals surface area contributed by atoms with Crippen molar-refractivity contribution in [3.05, 3.63) is 60.2 Å². The van der Waals surface area contributed by atoms with E-state index in [1.54, 1.807) is 0 Å². The van der Waals surface area contributed by atoms with Crippen LogP contribution in [0.1, 0.15) is 31.4 Å². The molecule has 0 radical (unpaired) electrons. The van der Waals surface area contributed by atoms with Gasteiger partial charge in [-0.25, -0.2) is 4.79 Å². The number of likely N-dealkylation sites (N-methyl/N-ethyl adjacent to an activating group) is 1. The molecule has 2 amide bonds. The number of piperidine rings is 1. The van der Waals surface area contributed by atoms with Crippen molar-refractivity contribution in [3.63, 3.8) is 0 Å². The number of nitrogens with one attached hydrogen (secondary N) is 2. The van der Waals surface area contributed by atoms with Crippen LogP contribution in [0.25, 0.3) is 10.8 Å². The summed E-state index contributed by atoms with van der Waals surface area (Å²) in [6.07, 6.45) is 4.26. The first kappa shape index (κ1) is 25.4. The number of carboxylic acids is 1. The second-order valence-corrected chi connectivity index (χ2v) is 8.75. The molecular formula is C26H34N4O4. The van der Waals surface area contributed by atoms with Crippen LogP contribution in [0.5, 0.6) is 0 Å². The molecule has 1 fully saturated rings. The third kappa shape index (κ3) is 7.13. The van der Waals surface area contributed by atoms with Gasteiger partial charge in [-0.2, -0.15) is 0 Å². The van der Waals surface area contributed by atoms with Gasteiger partial charge in [-0.1, -0.05) is 48.5 Å². The summed E-state index contributed by atoms with van der Waals surface area (Å²) in [7, 11) is 1.95. The molecule has 0 bridgehead atoms. The second-order valence-electron chi connectivity index (χ2n) is 8.75. The zero-order chi connectivity index (χ0) is 24.5. The Morgan fingerprint density at radius 1 is 1.09 bits per heavy atom. The first-order valence-corrected chi connectivity index (χ1v) is 11.7. The van der Waals surface area contributed by atoms with Gasteiger partial charge in [0.1, 0.15) is 0 Å². The largest absolute Gasteiger partial charge is 0.478 e. The van der Waals surface area contributed by atoms with Crippen LogP contribution in [-0.2, 0) is 14.4 Å². The number of likely N-dealkylation sites (tertiary alicyclic amines) is 1. The van der Waals surface area contributed by atoms with Gasteiger partial charge in [0.2, 0.25) is 11.8 Å². The highest BCUT2D eigenvalue weighted by molar-refractivity contribution is 5.86. The van der Waals surface area contributed by atoms with Gasteiger partial charge in [0.25, 0.3) is 0 Å². The molecule has 2 aromatic carbocycles. The number of rotatable bonds is 10. The van der Waals surface area contributed by atoms with E-state index in [4.69, 9.17) is 5.11 Å². The molecule has 0 spiro atoms. The Kier molecular flexibility index (Phi) is 9.18. The Morgan fingerprint density at radius 2 is 1.79 bits per heavy atom. The highest BCUT2D eigenvalue weighted by Gasteiger charge is 2.27. The lowest BCUT2D eigenvalue weighted by atomic mass is 9.96. The molecule has 3 N–H and O–H groups in total. The number of aliphatic carboxylic acids is 1. The Balaban J connectivity index is 1.42. The third-order valence-electron chi connectivity index (χ3n) is 6.46. The van der Waals surface area contributed by atoms with Gasteiger partial charge in [-0.3, -0.25) is 19.4 Å². The lowest BCUT2D eigenvalue weighted by Crippen LogP contribution is -2.48. The average molecular weight is 467 g/mol. The number of carboxylic acid groups (broad SMARTS) is 1. The lowest BCUT2D eigenvalue weighted by Gasteiger charge is -2.39. The van der Waals surface area contributed by atoms with Crippen molar-refractivity contribution in [1.82, 2.24) is 20.4 Å². The molecule has 8 heteroatoms. The molecule has 1 saturated heterocycles. The number of carbonyl (C=O) groups excluding carboxylic acids is 2. The molecule has 0 aliphatic carbocycles. The fraction of sp³-hybridized carbons (Fsp3) is 0.423. The number of amides is 2. The summed E-state index contributed by atoms with van der Waals surface area (Å²) < 4.78 is 0. The topological polar surface area (TPSA) is 102 Å². The first-order valence-electron chi connectivity index (χ1n) is 11.7. The van der Waals surface area contributed by atoms with E-state index >= 15 is 0 Å². The van der Waals surface area contributed by atoms with E-state index in [9.17, 15) is 14.4 Å². The van der Waals surface area contributed by atoms with Gasteiger partial charge < -0.3 is 15.7 Å². The van der Waals surface area contributed by atoms with Gasteiger partial charge in [0.15, 0.2) is 0 Å². The predicted molar refractivity (Wildman–Crippen MR) is 132 cm³/mol. The predicted octanol–water partition coefficient (Wildman–Crippen LogP) is 2.17. The van der Waals surface area contributed by atoms with E-state index in [0.29, 0.717) is 12.1 Å². The normalized spacial score (nSPS) is 16.1. The Morgan fingerprint density at radius 3 is 2.53 bits per heavy atom. The fourth-order valence-electron chi connectivity index (χ4n) is 4.51. The number of carbonyl (C=O) groups is 3. The van der Waals surface area contributed by atoms with E-state index < -0.39 is 5.97 Å². The van der Waals surface area contributed by atoms with Crippen molar-refractivity contribution in [3.8, 4) is 0 Å². The van der Waals surface area contributed by atoms with Crippen LogP contribution in [0.4, 0.5) is 0 Å². The first-order chi connectivity index (χ1) is 16.3. The van der Waals surface area contributed by atoms with E-state index in [1.165, 1.54) is 22.4 Å². The van der Waals surface area contributed by atoms with Crippen molar-refractivity contribution in [1.29, 1.82) is 0 Å². The van der Waals surface area contributed by atoms with Crippen molar-refractivity contribution in [2.75, 3.05) is 39.8 Å². The smallest absolute Gasteiger partial charge is 0.328 e. The number of hydrogen-bond donors (Lipinski definition) is 3. The molecular weight excluding hydrogens is 432 g/mol. The van der Waals surface area contributed by atoms with Crippen LogP contribution in [0.3, 0.4) is 0 Å². The molecule has 1 aliphatic rings. The minimum absolute atomic E-state index is 0.108. The molecule has 1 aliphatic heterocycles. The summed E-state index contributed by atoms with van der Waals surface area (Å²) in [6, 6.07) is 15.6. The highest BCUT2D eigenvalue weighted by Crippen LogP contribution is 2.30. The Labute approximate surface area is 200 Å². The highest BCUT2D eigenvalue weighted by atomic mass is 16.4. The number of fused-ring (bicyclic) bond motifs is 1. The molecule has 1 atom stereocenters. The van der Waals surface area contributed by atoms with Gasteiger partial charge in [-0.15, -0.1) is 0 Å². The summed E-state index contributed by atoms with van der Waals surface area (Å²) in [4.78, 5) is 39.0. The zero-order valence-electron chi connectivity index (χ0n) is 19.9. The van der Waals surface area contributed by atoms with Gasteiger partial charge in [0, 0.05) is 37.8 Å². The van der Waals surface area contributed by atoms with E-state index in [0.717, 1.165) is 32.0 Å². The van der Waals surface area contributed by atoms with Crippen molar-refractivity contribution < 1.29 is 19.5 Å². The summed E-state index contributed by atoms with van der Waals surface area (Å²) in [6.45, 7) is 4.41. The van der Waals surface area contributed by atoms with Crippen molar-refractivity contribution in [2.24, 2.45) is 0 Å². The molecule has 0 aromatic heterocycles. The van der Waals surface area contributed by atoms with E-state index in [1.807, 2.05) is 7.05 Å². The molecule has 182 valence electrons. The van der Waals surface area contributed by atoms with E-state index in [2.05, 4.69) is 69.8 Å². The number of benzene rings is 2. The standard InChI is InChI=1S/C26H34N4O4/c1-19(22-10-5-8-20-7-3-4-9-23(20)22)30-15-12-21(13-16-30)29(2)18-25(32)28-17-24(31)27-14-6-11-26(33)34/h3-11,19,21H,12-18H2,1-2H3,(H,27,31)(H,28,32)(H,33,34)/b11-6+/t19-/m1/s1. The second kappa shape index (κ2) is 12.3.